The van der Waals surface area contributed by atoms with Gasteiger partial charge in [-0.3, -0.25) is 0 Å². The maximum atomic E-state index is 11.2. The van der Waals surface area contributed by atoms with E-state index in [1.165, 1.54) is 6.26 Å². The molecule has 0 aromatic carbocycles. The highest BCUT2D eigenvalue weighted by molar-refractivity contribution is 5.86. The standard InChI is InChI=1S/C12H15NO5/c1-9(2)11(14)17-7-5-13-12(15)18-8-10-4-3-6-16-10/h3-4,6H,1,5,7-8H2,2H3,(H,13,15). The van der Waals surface area contributed by atoms with Gasteiger partial charge in [-0.2, -0.15) is 0 Å². The van der Waals surface area contributed by atoms with Gasteiger partial charge in [0.15, 0.2) is 6.61 Å². The van der Waals surface area contributed by atoms with Crippen molar-refractivity contribution in [2.45, 2.75) is 13.5 Å². The highest BCUT2D eigenvalue weighted by Gasteiger charge is 2.05. The molecule has 0 aliphatic carbocycles. The number of carbonyl (C=O) groups excluding carboxylic acids is 2. The molecule has 0 fully saturated rings. The number of ether oxygens (including phenoxy) is 2. The van der Waals surface area contributed by atoms with Crippen LogP contribution in [0.25, 0.3) is 0 Å². The average molecular weight is 253 g/mol. The second-order valence-corrected chi connectivity index (χ2v) is 3.50. The molecule has 0 bridgehead atoms. The molecular weight excluding hydrogens is 238 g/mol. The van der Waals surface area contributed by atoms with Crippen LogP contribution in [0.2, 0.25) is 0 Å². The monoisotopic (exact) mass is 253 g/mol. The van der Waals surface area contributed by atoms with E-state index in [1.54, 1.807) is 19.1 Å². The van der Waals surface area contributed by atoms with Gasteiger partial charge in [-0.1, -0.05) is 6.58 Å². The van der Waals surface area contributed by atoms with E-state index in [1.807, 2.05) is 0 Å². The van der Waals surface area contributed by atoms with Crippen molar-refractivity contribution in [2.24, 2.45) is 0 Å². The summed E-state index contributed by atoms with van der Waals surface area (Å²) in [4.78, 5) is 22.2. The summed E-state index contributed by atoms with van der Waals surface area (Å²) in [6, 6.07) is 3.40. The fourth-order valence-electron chi connectivity index (χ4n) is 1.00. The second kappa shape index (κ2) is 7.16. The molecule has 18 heavy (non-hydrogen) atoms. The lowest BCUT2D eigenvalue weighted by Gasteiger charge is -2.06. The van der Waals surface area contributed by atoms with Gasteiger partial charge in [0.2, 0.25) is 0 Å². The number of alkyl carbamates (subject to hydrolysis) is 1. The van der Waals surface area contributed by atoms with E-state index in [0.29, 0.717) is 11.3 Å². The minimum absolute atomic E-state index is 0.0599. The van der Waals surface area contributed by atoms with Crippen LogP contribution in [-0.4, -0.2) is 25.2 Å². The number of rotatable bonds is 6. The Morgan fingerprint density at radius 3 is 2.83 bits per heavy atom. The van der Waals surface area contributed by atoms with Gasteiger partial charge in [-0.25, -0.2) is 9.59 Å². The minimum Gasteiger partial charge on any atom is -0.466 e. The predicted octanol–water partition coefficient (Wildman–Crippen LogP) is 1.63. The second-order valence-electron chi connectivity index (χ2n) is 3.50. The van der Waals surface area contributed by atoms with Crippen molar-refractivity contribution in [3.63, 3.8) is 0 Å². The van der Waals surface area contributed by atoms with Crippen molar-refractivity contribution < 1.29 is 23.5 Å². The van der Waals surface area contributed by atoms with Gasteiger partial charge in [0, 0.05) is 5.57 Å². The molecule has 0 aliphatic rings. The third kappa shape index (κ3) is 5.20. The summed E-state index contributed by atoms with van der Waals surface area (Å²) in [5.41, 5.74) is 0.315. The van der Waals surface area contributed by atoms with Crippen molar-refractivity contribution >= 4 is 12.1 Å². The van der Waals surface area contributed by atoms with Crippen LogP contribution in [0.1, 0.15) is 12.7 Å². The Morgan fingerprint density at radius 2 is 2.22 bits per heavy atom. The number of hydrogen-bond acceptors (Lipinski definition) is 5. The first-order valence-corrected chi connectivity index (χ1v) is 5.35. The van der Waals surface area contributed by atoms with E-state index < -0.39 is 12.1 Å². The number of esters is 1. The fraction of sp³-hybridized carbons (Fsp3) is 0.333. The van der Waals surface area contributed by atoms with E-state index in [4.69, 9.17) is 13.9 Å². The summed E-state index contributed by atoms with van der Waals surface area (Å²) in [7, 11) is 0. The highest BCUT2D eigenvalue weighted by atomic mass is 16.6. The Balaban J connectivity index is 2.07. The minimum atomic E-state index is -0.599. The van der Waals surface area contributed by atoms with Crippen LogP contribution in [0.4, 0.5) is 4.79 Å². The third-order valence-corrected chi connectivity index (χ3v) is 1.88. The van der Waals surface area contributed by atoms with E-state index in [9.17, 15) is 9.59 Å². The molecule has 0 aliphatic heterocycles. The van der Waals surface area contributed by atoms with Gasteiger partial charge in [0.25, 0.3) is 0 Å². The lowest BCUT2D eigenvalue weighted by atomic mass is 10.4. The summed E-state index contributed by atoms with van der Waals surface area (Å²) >= 11 is 0. The quantitative estimate of drug-likeness (QED) is 0.473. The Bertz CT molecular complexity index is 410. The van der Waals surface area contributed by atoms with Gasteiger partial charge in [0.1, 0.15) is 12.4 Å². The first-order chi connectivity index (χ1) is 8.59. The summed E-state index contributed by atoms with van der Waals surface area (Å²) in [6.07, 6.45) is 0.894. The molecule has 1 aromatic rings. The van der Waals surface area contributed by atoms with E-state index in [0.717, 1.165) is 0 Å². The average Bonchev–Trinajstić information content (AvgIpc) is 2.84. The van der Waals surface area contributed by atoms with Gasteiger partial charge < -0.3 is 19.2 Å². The van der Waals surface area contributed by atoms with Gasteiger partial charge in [0.05, 0.1) is 12.8 Å². The van der Waals surface area contributed by atoms with Crippen molar-refractivity contribution in [3.05, 3.63) is 36.3 Å². The van der Waals surface area contributed by atoms with Crippen LogP contribution in [0, 0.1) is 0 Å². The molecule has 0 spiro atoms. The molecule has 98 valence electrons. The van der Waals surface area contributed by atoms with Crippen molar-refractivity contribution in [3.8, 4) is 0 Å². The lowest BCUT2D eigenvalue weighted by Crippen LogP contribution is -2.28. The number of amides is 1. The first-order valence-electron chi connectivity index (χ1n) is 5.35. The fourth-order valence-corrected chi connectivity index (χ4v) is 1.00. The molecule has 1 N–H and O–H groups in total. The van der Waals surface area contributed by atoms with Gasteiger partial charge >= 0.3 is 12.1 Å². The summed E-state index contributed by atoms with van der Waals surface area (Å²) in [6.45, 7) is 5.29. The molecule has 0 atom stereocenters. The Labute approximate surface area is 105 Å². The molecule has 0 saturated heterocycles. The number of nitrogens with one attached hydrogen (secondary N) is 1. The summed E-state index contributed by atoms with van der Waals surface area (Å²) in [5.74, 6) is 0.0691. The van der Waals surface area contributed by atoms with E-state index in [-0.39, 0.29) is 19.8 Å². The number of furan rings is 1. The van der Waals surface area contributed by atoms with Crippen molar-refractivity contribution in [2.75, 3.05) is 13.2 Å². The predicted molar refractivity (Wildman–Crippen MR) is 62.7 cm³/mol. The maximum absolute atomic E-state index is 11.2. The topological polar surface area (TPSA) is 77.8 Å². The largest absolute Gasteiger partial charge is 0.466 e. The maximum Gasteiger partial charge on any atom is 0.407 e. The van der Waals surface area contributed by atoms with Crippen LogP contribution < -0.4 is 5.32 Å². The molecule has 1 heterocycles. The molecule has 6 heteroatoms. The van der Waals surface area contributed by atoms with Crippen molar-refractivity contribution in [1.29, 1.82) is 0 Å². The van der Waals surface area contributed by atoms with E-state index >= 15 is 0 Å². The van der Waals surface area contributed by atoms with E-state index in [2.05, 4.69) is 11.9 Å². The molecule has 0 radical (unpaired) electrons. The summed E-state index contributed by atoms with van der Waals surface area (Å²) in [5, 5.41) is 2.43. The van der Waals surface area contributed by atoms with Crippen LogP contribution >= 0.6 is 0 Å². The van der Waals surface area contributed by atoms with Crippen LogP contribution in [0.15, 0.2) is 35.0 Å². The smallest absolute Gasteiger partial charge is 0.407 e. The Morgan fingerprint density at radius 1 is 1.44 bits per heavy atom. The molecule has 1 rings (SSSR count). The van der Waals surface area contributed by atoms with Gasteiger partial charge in [-0.15, -0.1) is 0 Å². The molecule has 1 amide bonds. The number of hydrogen-bond donors (Lipinski definition) is 1. The van der Waals surface area contributed by atoms with Crippen molar-refractivity contribution in [1.82, 2.24) is 5.32 Å². The van der Waals surface area contributed by atoms with Crippen LogP contribution in [-0.2, 0) is 20.9 Å². The molecule has 0 unspecified atom stereocenters. The highest BCUT2D eigenvalue weighted by Crippen LogP contribution is 2.01. The Hall–Kier alpha value is -2.24. The normalized spacial score (nSPS) is 9.61. The molecular formula is C12H15NO5. The molecule has 0 saturated carbocycles. The summed E-state index contributed by atoms with van der Waals surface area (Å²) < 4.78 is 14.6. The zero-order chi connectivity index (χ0) is 13.4. The molecule has 6 nitrogen and oxygen atoms in total. The SMILES string of the molecule is C=C(C)C(=O)OCCNC(=O)OCc1ccco1. The third-order valence-electron chi connectivity index (χ3n) is 1.88. The van der Waals surface area contributed by atoms with Crippen LogP contribution in [0.3, 0.4) is 0 Å². The Kier molecular flexibility index (Phi) is 5.50. The molecule has 1 aromatic heterocycles. The zero-order valence-electron chi connectivity index (χ0n) is 10.1. The van der Waals surface area contributed by atoms with Crippen LogP contribution in [0.5, 0.6) is 0 Å². The van der Waals surface area contributed by atoms with Gasteiger partial charge in [-0.05, 0) is 19.1 Å². The zero-order valence-corrected chi connectivity index (χ0v) is 10.1. The number of carbonyl (C=O) groups is 2. The first kappa shape index (κ1) is 13.8. The lowest BCUT2D eigenvalue weighted by molar-refractivity contribution is -0.138.